The Bertz CT molecular complexity index is 284. The molecule has 0 unspecified atom stereocenters. The van der Waals surface area contributed by atoms with Gasteiger partial charge in [-0.2, -0.15) is 0 Å². The normalized spacial score (nSPS) is 17.9. The summed E-state index contributed by atoms with van der Waals surface area (Å²) < 4.78 is 4.85. The number of hydrogen-bond acceptors (Lipinski definition) is 3. The zero-order valence-corrected chi connectivity index (χ0v) is 11.5. The van der Waals surface area contributed by atoms with Crippen molar-refractivity contribution in [2.45, 2.75) is 39.5 Å². The van der Waals surface area contributed by atoms with E-state index in [1.807, 2.05) is 6.92 Å². The molecule has 0 aromatic rings. The van der Waals surface area contributed by atoms with Gasteiger partial charge in [0, 0.05) is 26.1 Å². The second-order valence-electron chi connectivity index (χ2n) is 4.82. The fourth-order valence-corrected chi connectivity index (χ4v) is 1.99. The van der Waals surface area contributed by atoms with Crippen molar-refractivity contribution in [1.29, 1.82) is 0 Å². The van der Waals surface area contributed by atoms with Gasteiger partial charge in [-0.1, -0.05) is 6.92 Å². The van der Waals surface area contributed by atoms with E-state index in [9.17, 15) is 4.79 Å². The lowest BCUT2D eigenvalue weighted by atomic mass is 10.00. The van der Waals surface area contributed by atoms with Crippen LogP contribution < -0.4 is 5.73 Å². The van der Waals surface area contributed by atoms with E-state index in [-0.39, 0.29) is 5.97 Å². The minimum Gasteiger partial charge on any atom is -0.466 e. The lowest BCUT2D eigenvalue weighted by Crippen LogP contribution is -2.42. The molecular formula is C13H25N3O2. The maximum absolute atomic E-state index is 11.1. The molecule has 0 amide bonds. The number of esters is 1. The Morgan fingerprint density at radius 2 is 2.11 bits per heavy atom. The number of aliphatic imine (C=N–C) groups is 1. The fraction of sp³-hybridized carbons (Fsp3) is 0.846. The zero-order chi connectivity index (χ0) is 13.4. The second kappa shape index (κ2) is 7.95. The first-order chi connectivity index (χ1) is 8.63. The number of carbonyl (C=O) groups is 1. The van der Waals surface area contributed by atoms with Gasteiger partial charge in [0.1, 0.15) is 0 Å². The standard InChI is InChI=1S/C13H25N3O2/c1-3-18-12(17)5-4-8-15-13(14)16-9-6-11(2)7-10-16/h11H,3-10H2,1-2H3,(H2,14,15). The smallest absolute Gasteiger partial charge is 0.305 e. The molecule has 0 bridgehead atoms. The van der Waals surface area contributed by atoms with Gasteiger partial charge in [-0.25, -0.2) is 0 Å². The van der Waals surface area contributed by atoms with Crippen molar-refractivity contribution in [3.8, 4) is 0 Å². The zero-order valence-electron chi connectivity index (χ0n) is 11.5. The van der Waals surface area contributed by atoms with Crippen LogP contribution in [0.5, 0.6) is 0 Å². The van der Waals surface area contributed by atoms with E-state index in [0.717, 1.165) is 19.0 Å². The molecule has 1 rings (SSSR count). The highest BCUT2D eigenvalue weighted by molar-refractivity contribution is 5.78. The van der Waals surface area contributed by atoms with E-state index in [1.54, 1.807) is 0 Å². The number of carbonyl (C=O) groups excluding carboxylic acids is 1. The second-order valence-corrected chi connectivity index (χ2v) is 4.82. The van der Waals surface area contributed by atoms with Gasteiger partial charge in [-0.3, -0.25) is 9.79 Å². The Labute approximate surface area is 109 Å². The van der Waals surface area contributed by atoms with E-state index in [0.29, 0.717) is 32.0 Å². The molecule has 1 aliphatic rings. The summed E-state index contributed by atoms with van der Waals surface area (Å²) >= 11 is 0. The van der Waals surface area contributed by atoms with Crippen LogP contribution in [0.2, 0.25) is 0 Å². The first-order valence-electron chi connectivity index (χ1n) is 6.84. The van der Waals surface area contributed by atoms with Crippen molar-refractivity contribution in [3.63, 3.8) is 0 Å². The van der Waals surface area contributed by atoms with E-state index in [4.69, 9.17) is 10.5 Å². The van der Waals surface area contributed by atoms with Gasteiger partial charge >= 0.3 is 5.97 Å². The van der Waals surface area contributed by atoms with Gasteiger partial charge in [0.2, 0.25) is 0 Å². The SMILES string of the molecule is CCOC(=O)CCCN=C(N)N1CCC(C)CC1. The Hall–Kier alpha value is -1.26. The summed E-state index contributed by atoms with van der Waals surface area (Å²) in [6, 6.07) is 0. The summed E-state index contributed by atoms with van der Waals surface area (Å²) in [4.78, 5) is 17.6. The molecule has 0 aliphatic carbocycles. The number of likely N-dealkylation sites (tertiary alicyclic amines) is 1. The monoisotopic (exact) mass is 255 g/mol. The van der Waals surface area contributed by atoms with Gasteiger partial charge in [0.15, 0.2) is 5.96 Å². The molecule has 104 valence electrons. The number of nitrogens with zero attached hydrogens (tertiary/aromatic N) is 2. The Balaban J connectivity index is 2.19. The van der Waals surface area contributed by atoms with E-state index in [2.05, 4.69) is 16.8 Å². The lowest BCUT2D eigenvalue weighted by molar-refractivity contribution is -0.143. The number of piperidine rings is 1. The van der Waals surface area contributed by atoms with Crippen LogP contribution in [-0.2, 0) is 9.53 Å². The highest BCUT2D eigenvalue weighted by Gasteiger charge is 2.16. The van der Waals surface area contributed by atoms with Crippen LogP contribution in [-0.4, -0.2) is 43.1 Å². The predicted molar refractivity (Wildman–Crippen MR) is 72.3 cm³/mol. The average molecular weight is 255 g/mol. The molecule has 0 aromatic heterocycles. The van der Waals surface area contributed by atoms with Crippen LogP contribution in [0.3, 0.4) is 0 Å². The summed E-state index contributed by atoms with van der Waals surface area (Å²) in [5.74, 6) is 1.25. The van der Waals surface area contributed by atoms with Gasteiger partial charge in [0.25, 0.3) is 0 Å². The molecule has 0 aromatic carbocycles. The van der Waals surface area contributed by atoms with Crippen molar-refractivity contribution >= 4 is 11.9 Å². The van der Waals surface area contributed by atoms with Crippen LogP contribution in [0.4, 0.5) is 0 Å². The Kier molecular flexibility index (Phi) is 6.54. The molecule has 5 nitrogen and oxygen atoms in total. The first kappa shape index (κ1) is 14.8. The molecule has 1 aliphatic heterocycles. The molecule has 1 fully saturated rings. The third kappa shape index (κ3) is 5.38. The van der Waals surface area contributed by atoms with Gasteiger partial charge < -0.3 is 15.4 Å². The predicted octanol–water partition coefficient (Wildman–Crippen LogP) is 1.38. The molecule has 1 heterocycles. The molecule has 0 saturated carbocycles. The molecule has 2 N–H and O–H groups in total. The number of hydrogen-bond donors (Lipinski definition) is 1. The lowest BCUT2D eigenvalue weighted by Gasteiger charge is -2.31. The molecule has 0 radical (unpaired) electrons. The van der Waals surface area contributed by atoms with Crippen molar-refractivity contribution < 1.29 is 9.53 Å². The number of rotatable bonds is 5. The van der Waals surface area contributed by atoms with Crippen molar-refractivity contribution in [3.05, 3.63) is 0 Å². The van der Waals surface area contributed by atoms with Crippen molar-refractivity contribution in [2.75, 3.05) is 26.2 Å². The largest absolute Gasteiger partial charge is 0.466 e. The third-order valence-electron chi connectivity index (χ3n) is 3.23. The molecule has 18 heavy (non-hydrogen) atoms. The van der Waals surface area contributed by atoms with Gasteiger partial charge in [0.05, 0.1) is 6.61 Å². The minimum atomic E-state index is -0.155. The van der Waals surface area contributed by atoms with E-state index in [1.165, 1.54) is 12.8 Å². The number of ether oxygens (including phenoxy) is 1. The van der Waals surface area contributed by atoms with E-state index >= 15 is 0 Å². The van der Waals surface area contributed by atoms with Crippen LogP contribution in [0.25, 0.3) is 0 Å². The van der Waals surface area contributed by atoms with Gasteiger partial charge in [-0.05, 0) is 32.1 Å². The summed E-state index contributed by atoms with van der Waals surface area (Å²) in [5, 5.41) is 0. The minimum absolute atomic E-state index is 0.155. The molecule has 5 heteroatoms. The molecule has 0 spiro atoms. The van der Waals surface area contributed by atoms with Crippen LogP contribution in [0, 0.1) is 5.92 Å². The average Bonchev–Trinajstić information content (AvgIpc) is 2.35. The number of nitrogens with two attached hydrogens (primary N) is 1. The molecule has 1 saturated heterocycles. The Morgan fingerprint density at radius 1 is 1.44 bits per heavy atom. The quantitative estimate of drug-likeness (QED) is 0.349. The van der Waals surface area contributed by atoms with Crippen LogP contribution in [0.15, 0.2) is 4.99 Å². The highest BCUT2D eigenvalue weighted by Crippen LogP contribution is 2.15. The van der Waals surface area contributed by atoms with E-state index < -0.39 is 0 Å². The summed E-state index contributed by atoms with van der Waals surface area (Å²) in [6.45, 7) is 7.10. The maximum atomic E-state index is 11.1. The van der Waals surface area contributed by atoms with Gasteiger partial charge in [-0.15, -0.1) is 0 Å². The summed E-state index contributed by atoms with van der Waals surface area (Å²) in [5.41, 5.74) is 5.93. The topological polar surface area (TPSA) is 67.9 Å². The van der Waals surface area contributed by atoms with Crippen LogP contribution >= 0.6 is 0 Å². The molecule has 0 atom stereocenters. The maximum Gasteiger partial charge on any atom is 0.305 e. The first-order valence-corrected chi connectivity index (χ1v) is 6.84. The highest BCUT2D eigenvalue weighted by atomic mass is 16.5. The summed E-state index contributed by atoms with van der Waals surface area (Å²) in [7, 11) is 0. The summed E-state index contributed by atoms with van der Waals surface area (Å²) in [6.07, 6.45) is 3.48. The van der Waals surface area contributed by atoms with Crippen molar-refractivity contribution in [1.82, 2.24) is 4.90 Å². The van der Waals surface area contributed by atoms with Crippen molar-refractivity contribution in [2.24, 2.45) is 16.6 Å². The Morgan fingerprint density at radius 3 is 2.72 bits per heavy atom. The number of guanidine groups is 1. The van der Waals surface area contributed by atoms with Crippen LogP contribution in [0.1, 0.15) is 39.5 Å². The fourth-order valence-electron chi connectivity index (χ4n) is 1.99. The molecular weight excluding hydrogens is 230 g/mol. The third-order valence-corrected chi connectivity index (χ3v) is 3.23.